The van der Waals surface area contributed by atoms with Gasteiger partial charge in [0.15, 0.2) is 0 Å². The first-order valence-electron chi connectivity index (χ1n) is 10.0. The largest absolute Gasteiger partial charge is 0.467 e. The summed E-state index contributed by atoms with van der Waals surface area (Å²) >= 11 is 5.87. The fourth-order valence-corrected chi connectivity index (χ4v) is 5.13. The summed E-state index contributed by atoms with van der Waals surface area (Å²) in [7, 11) is 0. The second kappa shape index (κ2) is 7.27. The lowest BCUT2D eigenvalue weighted by Crippen LogP contribution is -2.46. The van der Waals surface area contributed by atoms with E-state index in [9.17, 15) is 9.59 Å². The van der Waals surface area contributed by atoms with Crippen LogP contribution < -0.4 is 5.32 Å². The van der Waals surface area contributed by atoms with Gasteiger partial charge in [0, 0.05) is 16.9 Å². The second-order valence-electron chi connectivity index (χ2n) is 8.90. The molecular weight excluding hydrogens is 404 g/mol. The number of furan rings is 1. The quantitative estimate of drug-likeness (QED) is 0.538. The van der Waals surface area contributed by atoms with Crippen molar-refractivity contribution in [1.29, 1.82) is 0 Å². The standard InChI is InChI=1S/C23H25ClN2O4/c1-21(2)22(3)10-11-23(21,20(28)25-14-17-5-4-12-29-17)13-18(22)26-30-19(27)15-6-8-16(24)9-7-15/h4-9,12H,10-11,13-14H2,1-3H3,(H,25,28). The summed E-state index contributed by atoms with van der Waals surface area (Å²) in [6, 6.07) is 10.1. The number of amides is 1. The molecule has 1 heterocycles. The van der Waals surface area contributed by atoms with Crippen molar-refractivity contribution in [2.24, 2.45) is 21.4 Å². The summed E-state index contributed by atoms with van der Waals surface area (Å²) in [5.41, 5.74) is -0.120. The Hall–Kier alpha value is -2.60. The van der Waals surface area contributed by atoms with Gasteiger partial charge in [-0.1, -0.05) is 37.5 Å². The first-order valence-corrected chi connectivity index (χ1v) is 10.4. The monoisotopic (exact) mass is 428 g/mol. The minimum atomic E-state index is -0.597. The van der Waals surface area contributed by atoms with Crippen molar-refractivity contribution in [3.63, 3.8) is 0 Å². The molecule has 1 N–H and O–H groups in total. The Bertz CT molecular complexity index is 997. The van der Waals surface area contributed by atoms with E-state index in [0.29, 0.717) is 29.3 Å². The molecule has 2 aliphatic rings. The zero-order valence-corrected chi connectivity index (χ0v) is 18.1. The highest BCUT2D eigenvalue weighted by Gasteiger charge is 2.71. The number of nitrogens with one attached hydrogen (secondary N) is 1. The average Bonchev–Trinajstić information content (AvgIpc) is 3.35. The van der Waals surface area contributed by atoms with Crippen LogP contribution in [0.3, 0.4) is 0 Å². The number of nitrogens with zero attached hydrogens (tertiary/aromatic N) is 1. The predicted octanol–water partition coefficient (Wildman–Crippen LogP) is 4.98. The topological polar surface area (TPSA) is 80.9 Å². The SMILES string of the molecule is CC12CCC(C(=O)NCc3ccco3)(CC1=NOC(=O)c1ccc(Cl)cc1)C2(C)C. The van der Waals surface area contributed by atoms with Gasteiger partial charge in [-0.3, -0.25) is 4.79 Å². The average molecular weight is 429 g/mol. The van der Waals surface area contributed by atoms with Crippen LogP contribution in [0.15, 0.2) is 52.2 Å². The smallest absolute Gasteiger partial charge is 0.365 e. The summed E-state index contributed by atoms with van der Waals surface area (Å²) in [5.74, 6) is 0.156. The van der Waals surface area contributed by atoms with Crippen molar-refractivity contribution in [2.45, 2.75) is 46.6 Å². The number of hydrogen-bond donors (Lipinski definition) is 1. The van der Waals surface area contributed by atoms with Gasteiger partial charge in [0.05, 0.1) is 29.5 Å². The lowest BCUT2D eigenvalue weighted by molar-refractivity contribution is -0.136. The highest BCUT2D eigenvalue weighted by Crippen LogP contribution is 2.71. The van der Waals surface area contributed by atoms with E-state index in [1.54, 1.807) is 36.6 Å². The summed E-state index contributed by atoms with van der Waals surface area (Å²) in [6.45, 7) is 6.67. The van der Waals surface area contributed by atoms with Crippen molar-refractivity contribution < 1.29 is 18.8 Å². The lowest BCUT2D eigenvalue weighted by Gasteiger charge is -2.39. The van der Waals surface area contributed by atoms with Crippen molar-refractivity contribution in [1.82, 2.24) is 5.32 Å². The van der Waals surface area contributed by atoms with Gasteiger partial charge in [0.1, 0.15) is 5.76 Å². The zero-order valence-electron chi connectivity index (χ0n) is 17.3. The van der Waals surface area contributed by atoms with E-state index in [1.165, 1.54) is 0 Å². The first-order chi connectivity index (χ1) is 14.2. The molecule has 2 aromatic rings. The van der Waals surface area contributed by atoms with Crippen LogP contribution in [0.5, 0.6) is 0 Å². The fraction of sp³-hybridized carbons (Fsp3) is 0.435. The molecule has 0 spiro atoms. The van der Waals surface area contributed by atoms with Crippen molar-refractivity contribution in [3.05, 3.63) is 59.0 Å². The van der Waals surface area contributed by atoms with Crippen LogP contribution in [0, 0.1) is 16.2 Å². The third kappa shape index (κ3) is 3.05. The minimum absolute atomic E-state index is 0.0122. The number of oxime groups is 1. The second-order valence-corrected chi connectivity index (χ2v) is 9.34. The number of rotatable bonds is 5. The molecule has 2 bridgehead atoms. The van der Waals surface area contributed by atoms with Gasteiger partial charge in [0.25, 0.3) is 0 Å². The van der Waals surface area contributed by atoms with Crippen LogP contribution in [0.4, 0.5) is 0 Å². The maximum atomic E-state index is 13.3. The normalized spacial score (nSPS) is 27.9. The third-order valence-electron chi connectivity index (χ3n) is 7.49. The number of carbonyl (C=O) groups is 2. The molecule has 0 saturated heterocycles. The van der Waals surface area contributed by atoms with Gasteiger partial charge in [-0.05, 0) is 54.7 Å². The molecule has 6 nitrogen and oxygen atoms in total. The summed E-state index contributed by atoms with van der Waals surface area (Å²) in [5, 5.41) is 7.82. The van der Waals surface area contributed by atoms with Crippen LogP contribution in [-0.2, 0) is 16.2 Å². The van der Waals surface area contributed by atoms with Crippen molar-refractivity contribution >= 4 is 29.2 Å². The minimum Gasteiger partial charge on any atom is -0.467 e. The van der Waals surface area contributed by atoms with E-state index < -0.39 is 11.4 Å². The predicted molar refractivity (Wildman–Crippen MR) is 113 cm³/mol. The molecule has 4 rings (SSSR count). The van der Waals surface area contributed by atoms with Crippen LogP contribution in [0.1, 0.15) is 56.2 Å². The van der Waals surface area contributed by atoms with E-state index in [2.05, 4.69) is 31.2 Å². The molecule has 2 unspecified atom stereocenters. The molecule has 2 saturated carbocycles. The molecule has 30 heavy (non-hydrogen) atoms. The van der Waals surface area contributed by atoms with Crippen LogP contribution in [-0.4, -0.2) is 17.6 Å². The number of halogens is 1. The molecule has 2 fully saturated rings. The number of carbonyl (C=O) groups excluding carboxylic acids is 2. The van der Waals surface area contributed by atoms with E-state index in [1.807, 2.05) is 6.07 Å². The Morgan fingerprint density at radius 3 is 2.57 bits per heavy atom. The van der Waals surface area contributed by atoms with Gasteiger partial charge >= 0.3 is 5.97 Å². The maximum absolute atomic E-state index is 13.3. The Kier molecular flexibility index (Phi) is 5.01. The molecular formula is C23H25ClN2O4. The molecule has 1 aromatic carbocycles. The Morgan fingerprint density at radius 2 is 1.90 bits per heavy atom. The Labute approximate surface area is 180 Å². The van der Waals surface area contributed by atoms with E-state index in [4.69, 9.17) is 20.9 Å². The summed E-state index contributed by atoms with van der Waals surface area (Å²) < 4.78 is 5.33. The molecule has 0 radical (unpaired) electrons. The van der Waals surface area contributed by atoms with Gasteiger partial charge in [0.2, 0.25) is 5.91 Å². The number of benzene rings is 1. The summed E-state index contributed by atoms with van der Waals surface area (Å²) in [6.07, 6.45) is 3.64. The van der Waals surface area contributed by atoms with Crippen LogP contribution >= 0.6 is 11.6 Å². The summed E-state index contributed by atoms with van der Waals surface area (Å²) in [4.78, 5) is 30.9. The van der Waals surface area contributed by atoms with E-state index in [-0.39, 0.29) is 16.7 Å². The molecule has 158 valence electrons. The number of hydrogen-bond acceptors (Lipinski definition) is 5. The van der Waals surface area contributed by atoms with Gasteiger partial charge in [-0.15, -0.1) is 0 Å². The maximum Gasteiger partial charge on any atom is 0.365 e. The lowest BCUT2D eigenvalue weighted by atomic mass is 9.64. The van der Waals surface area contributed by atoms with Gasteiger partial charge < -0.3 is 14.6 Å². The Morgan fingerprint density at radius 1 is 1.17 bits per heavy atom. The van der Waals surface area contributed by atoms with E-state index >= 15 is 0 Å². The van der Waals surface area contributed by atoms with Crippen LogP contribution in [0.2, 0.25) is 5.02 Å². The van der Waals surface area contributed by atoms with Crippen molar-refractivity contribution in [2.75, 3.05) is 0 Å². The molecule has 1 aromatic heterocycles. The fourth-order valence-electron chi connectivity index (χ4n) is 5.01. The van der Waals surface area contributed by atoms with Gasteiger partial charge in [-0.2, -0.15) is 0 Å². The van der Waals surface area contributed by atoms with E-state index in [0.717, 1.165) is 18.6 Å². The van der Waals surface area contributed by atoms with Crippen molar-refractivity contribution in [3.8, 4) is 0 Å². The third-order valence-corrected chi connectivity index (χ3v) is 7.74. The Balaban J connectivity index is 1.53. The van der Waals surface area contributed by atoms with Gasteiger partial charge in [-0.25, -0.2) is 4.79 Å². The van der Waals surface area contributed by atoms with Crippen LogP contribution in [0.25, 0.3) is 0 Å². The number of fused-ring (bicyclic) bond motifs is 2. The highest BCUT2D eigenvalue weighted by atomic mass is 35.5. The molecule has 2 atom stereocenters. The molecule has 1 amide bonds. The first kappa shape index (κ1) is 20.7. The highest BCUT2D eigenvalue weighted by molar-refractivity contribution is 6.30. The molecule has 2 aliphatic carbocycles. The molecule has 7 heteroatoms. The molecule has 0 aliphatic heterocycles. The zero-order chi connectivity index (χ0) is 21.6.